The van der Waals surface area contributed by atoms with Crippen molar-refractivity contribution in [1.29, 1.82) is 0 Å². The van der Waals surface area contributed by atoms with Gasteiger partial charge in [0.2, 0.25) is 0 Å². The fourth-order valence-electron chi connectivity index (χ4n) is 2.19. The first kappa shape index (κ1) is 13.7. The van der Waals surface area contributed by atoms with Crippen LogP contribution in [0.4, 0.5) is 5.69 Å². The van der Waals surface area contributed by atoms with Gasteiger partial charge in [-0.1, -0.05) is 11.6 Å². The molecule has 2 aromatic heterocycles. The van der Waals surface area contributed by atoms with Crippen LogP contribution in [0.5, 0.6) is 0 Å². The Kier molecular flexibility index (Phi) is 3.92. The van der Waals surface area contributed by atoms with E-state index in [0.717, 1.165) is 23.7 Å². The normalized spacial score (nSPS) is 10.8. The molecule has 0 amide bonds. The van der Waals surface area contributed by atoms with Crippen LogP contribution in [0.15, 0.2) is 49.1 Å². The summed E-state index contributed by atoms with van der Waals surface area (Å²) in [5.74, 6) is 0.906. The number of rotatable bonds is 5. The van der Waals surface area contributed by atoms with Gasteiger partial charge < -0.3 is 9.88 Å². The number of nitrogens with one attached hydrogen (secondary N) is 1. The van der Waals surface area contributed by atoms with Crippen LogP contribution in [0.2, 0.25) is 5.02 Å². The number of benzene rings is 1. The third-order valence-corrected chi connectivity index (χ3v) is 3.58. The summed E-state index contributed by atoms with van der Waals surface area (Å²) in [6.45, 7) is 3.47. The van der Waals surface area contributed by atoms with E-state index in [-0.39, 0.29) is 0 Å². The molecule has 0 aliphatic rings. The van der Waals surface area contributed by atoms with Gasteiger partial charge in [0.1, 0.15) is 12.2 Å². The molecule has 0 aliphatic carbocycles. The first-order valence-corrected chi connectivity index (χ1v) is 7.19. The van der Waals surface area contributed by atoms with Crippen molar-refractivity contribution in [3.63, 3.8) is 0 Å². The summed E-state index contributed by atoms with van der Waals surface area (Å²) >= 11 is 6.35. The van der Waals surface area contributed by atoms with Crippen molar-refractivity contribution < 1.29 is 0 Å². The van der Waals surface area contributed by atoms with E-state index in [1.54, 1.807) is 6.33 Å². The highest BCUT2D eigenvalue weighted by Crippen LogP contribution is 2.24. The Bertz CT molecular complexity index is 718. The topological polar surface area (TPSA) is 47.7 Å². The molecule has 0 spiro atoms. The summed E-state index contributed by atoms with van der Waals surface area (Å²) in [5, 5.41) is 8.17. The van der Waals surface area contributed by atoms with Crippen LogP contribution in [-0.2, 0) is 13.1 Å². The predicted molar refractivity (Wildman–Crippen MR) is 83.8 cm³/mol. The van der Waals surface area contributed by atoms with E-state index in [1.165, 1.54) is 0 Å². The molecule has 0 atom stereocenters. The van der Waals surface area contributed by atoms with Crippen molar-refractivity contribution in [2.45, 2.75) is 20.0 Å². The molecule has 0 bridgehead atoms. The molecule has 1 aromatic carbocycles. The molecule has 6 heteroatoms. The Balaban J connectivity index is 1.74. The monoisotopic (exact) mass is 301 g/mol. The van der Waals surface area contributed by atoms with Crippen molar-refractivity contribution in [1.82, 2.24) is 19.3 Å². The number of nitrogens with zero attached hydrogens (tertiary/aromatic N) is 4. The predicted octanol–water partition coefficient (Wildman–Crippen LogP) is 3.35. The zero-order chi connectivity index (χ0) is 14.7. The van der Waals surface area contributed by atoms with Gasteiger partial charge in [-0.3, -0.25) is 0 Å². The Morgan fingerprint density at radius 3 is 2.76 bits per heavy atom. The number of halogens is 1. The number of hydrogen-bond donors (Lipinski definition) is 1. The molecular formula is C15H16ClN5. The van der Waals surface area contributed by atoms with Crippen molar-refractivity contribution in [3.05, 3.63) is 59.9 Å². The van der Waals surface area contributed by atoms with Gasteiger partial charge in [-0.15, -0.1) is 0 Å². The molecule has 5 nitrogen and oxygen atoms in total. The minimum Gasteiger partial charge on any atom is -0.378 e. The number of aryl methyl sites for hydroxylation is 1. The zero-order valence-electron chi connectivity index (χ0n) is 11.7. The second-order valence-electron chi connectivity index (χ2n) is 4.60. The van der Waals surface area contributed by atoms with E-state index < -0.39 is 0 Å². The van der Waals surface area contributed by atoms with Crippen molar-refractivity contribution in [2.24, 2.45) is 0 Å². The van der Waals surface area contributed by atoms with E-state index in [9.17, 15) is 0 Å². The Morgan fingerprint density at radius 1 is 1.24 bits per heavy atom. The second-order valence-corrected chi connectivity index (χ2v) is 5.01. The molecule has 0 saturated carbocycles. The van der Waals surface area contributed by atoms with Crippen LogP contribution >= 0.6 is 11.6 Å². The largest absolute Gasteiger partial charge is 0.378 e. The number of hydrogen-bond acceptors (Lipinski definition) is 3. The van der Waals surface area contributed by atoms with Crippen LogP contribution in [-0.4, -0.2) is 19.3 Å². The summed E-state index contributed by atoms with van der Waals surface area (Å²) in [6, 6.07) is 9.87. The standard InChI is InChI=1S/C15H16ClN5/c1-2-21-15(18-11-19-21)10-17-12-5-6-14(13(16)9-12)20-7-3-4-8-20/h3-9,11,17H,2,10H2,1H3. The van der Waals surface area contributed by atoms with Crippen molar-refractivity contribution in [2.75, 3.05) is 5.32 Å². The fraction of sp³-hybridized carbons (Fsp3) is 0.200. The lowest BCUT2D eigenvalue weighted by molar-refractivity contribution is 0.622. The van der Waals surface area contributed by atoms with E-state index in [1.807, 2.05) is 58.9 Å². The molecule has 0 unspecified atom stereocenters. The summed E-state index contributed by atoms with van der Waals surface area (Å²) in [5.41, 5.74) is 1.92. The van der Waals surface area contributed by atoms with E-state index in [4.69, 9.17) is 11.6 Å². The summed E-state index contributed by atoms with van der Waals surface area (Å²) in [4.78, 5) is 4.23. The molecule has 1 N–H and O–H groups in total. The molecule has 3 aromatic rings. The van der Waals surface area contributed by atoms with E-state index in [2.05, 4.69) is 15.4 Å². The molecule has 3 rings (SSSR count). The number of aromatic nitrogens is 4. The molecule has 21 heavy (non-hydrogen) atoms. The smallest absolute Gasteiger partial charge is 0.146 e. The quantitative estimate of drug-likeness (QED) is 0.786. The van der Waals surface area contributed by atoms with Crippen molar-refractivity contribution >= 4 is 17.3 Å². The highest BCUT2D eigenvalue weighted by Gasteiger charge is 2.05. The summed E-state index contributed by atoms with van der Waals surface area (Å²) in [7, 11) is 0. The minimum absolute atomic E-state index is 0.618. The van der Waals surface area contributed by atoms with Gasteiger partial charge in [-0.25, -0.2) is 9.67 Å². The lowest BCUT2D eigenvalue weighted by Gasteiger charge is -2.10. The van der Waals surface area contributed by atoms with Crippen LogP contribution in [0, 0.1) is 0 Å². The maximum Gasteiger partial charge on any atom is 0.146 e. The van der Waals surface area contributed by atoms with E-state index >= 15 is 0 Å². The SMILES string of the molecule is CCn1ncnc1CNc1ccc(-n2cccc2)c(Cl)c1. The summed E-state index contributed by atoms with van der Waals surface area (Å²) in [6.07, 6.45) is 5.51. The zero-order valence-corrected chi connectivity index (χ0v) is 12.5. The van der Waals surface area contributed by atoms with Crippen LogP contribution < -0.4 is 5.32 Å². The van der Waals surface area contributed by atoms with Gasteiger partial charge in [0.25, 0.3) is 0 Å². The Labute approximate surface area is 128 Å². The Hall–Kier alpha value is -2.27. The highest BCUT2D eigenvalue weighted by atomic mass is 35.5. The minimum atomic E-state index is 0.618. The van der Waals surface area contributed by atoms with Crippen LogP contribution in [0.25, 0.3) is 5.69 Å². The van der Waals surface area contributed by atoms with Crippen LogP contribution in [0.1, 0.15) is 12.7 Å². The molecule has 2 heterocycles. The average molecular weight is 302 g/mol. The van der Waals surface area contributed by atoms with Gasteiger partial charge in [-0.05, 0) is 37.3 Å². The van der Waals surface area contributed by atoms with Gasteiger partial charge in [0.15, 0.2) is 0 Å². The molecular weight excluding hydrogens is 286 g/mol. The third-order valence-electron chi connectivity index (χ3n) is 3.28. The van der Waals surface area contributed by atoms with Gasteiger partial charge in [-0.2, -0.15) is 5.10 Å². The maximum absolute atomic E-state index is 6.35. The highest BCUT2D eigenvalue weighted by molar-refractivity contribution is 6.32. The van der Waals surface area contributed by atoms with Gasteiger partial charge in [0.05, 0.1) is 17.3 Å². The number of anilines is 1. The Morgan fingerprint density at radius 2 is 2.05 bits per heavy atom. The average Bonchev–Trinajstić information content (AvgIpc) is 3.16. The maximum atomic E-state index is 6.35. The molecule has 108 valence electrons. The molecule has 0 aliphatic heterocycles. The van der Waals surface area contributed by atoms with E-state index in [0.29, 0.717) is 11.6 Å². The summed E-state index contributed by atoms with van der Waals surface area (Å²) < 4.78 is 3.85. The van der Waals surface area contributed by atoms with Crippen LogP contribution in [0.3, 0.4) is 0 Å². The lowest BCUT2D eigenvalue weighted by atomic mass is 10.2. The van der Waals surface area contributed by atoms with Gasteiger partial charge in [0, 0.05) is 24.6 Å². The molecule has 0 radical (unpaired) electrons. The first-order chi connectivity index (χ1) is 10.3. The molecule has 0 saturated heterocycles. The second kappa shape index (κ2) is 6.01. The first-order valence-electron chi connectivity index (χ1n) is 6.81. The lowest BCUT2D eigenvalue weighted by Crippen LogP contribution is -2.09. The molecule has 0 fully saturated rings. The van der Waals surface area contributed by atoms with Gasteiger partial charge >= 0.3 is 0 Å². The fourth-order valence-corrected chi connectivity index (χ4v) is 2.47. The van der Waals surface area contributed by atoms with Crippen molar-refractivity contribution in [3.8, 4) is 5.69 Å². The third kappa shape index (κ3) is 2.92.